The van der Waals surface area contributed by atoms with Gasteiger partial charge in [0.1, 0.15) is 6.10 Å². The van der Waals surface area contributed by atoms with Gasteiger partial charge in [0.25, 0.3) is 0 Å². The molecule has 2 N–H and O–H groups in total. The molecule has 136 valence electrons. The second-order valence-electron chi connectivity index (χ2n) is 5.91. The Morgan fingerprint density at radius 1 is 1.17 bits per heavy atom. The van der Waals surface area contributed by atoms with Crippen LogP contribution in [0, 0.1) is 5.41 Å². The van der Waals surface area contributed by atoms with Gasteiger partial charge >= 0.3 is 11.9 Å². The van der Waals surface area contributed by atoms with Crippen molar-refractivity contribution in [2.24, 2.45) is 5.41 Å². The van der Waals surface area contributed by atoms with E-state index in [1.165, 1.54) is 27.9 Å². The lowest BCUT2D eigenvalue weighted by Gasteiger charge is -2.29. The van der Waals surface area contributed by atoms with E-state index in [9.17, 15) is 24.3 Å². The Balaban J connectivity index is 4.61. The number of esters is 2. The van der Waals surface area contributed by atoms with Crippen LogP contribution in [-0.4, -0.2) is 54.6 Å². The third-order valence-corrected chi connectivity index (χ3v) is 3.32. The van der Waals surface area contributed by atoms with Gasteiger partial charge in [0.05, 0.1) is 19.8 Å². The number of carbonyl (C=O) groups excluding carboxylic acids is 4. The molecule has 0 bridgehead atoms. The van der Waals surface area contributed by atoms with Gasteiger partial charge in [0.2, 0.25) is 5.91 Å². The standard InChI is InChI=1S/C16H25NO7/c1-6-11(18)10(2)17-15(22)14(21)16(3,4)9-24-13(20)8-7-12(19)23-5/h7-8,10,14,21H,6,9H2,1-5H3,(H,17,22)/b8-7+/t10-,14-/m0/s1. The molecule has 0 spiro atoms. The first-order chi connectivity index (χ1) is 11.0. The first kappa shape index (κ1) is 21.8. The van der Waals surface area contributed by atoms with Crippen LogP contribution in [0.15, 0.2) is 12.2 Å². The van der Waals surface area contributed by atoms with Gasteiger partial charge in [-0.2, -0.15) is 0 Å². The lowest BCUT2D eigenvalue weighted by molar-refractivity contribution is -0.149. The molecule has 2 atom stereocenters. The van der Waals surface area contributed by atoms with E-state index in [1.54, 1.807) is 6.92 Å². The van der Waals surface area contributed by atoms with Crippen LogP contribution in [-0.2, 0) is 28.7 Å². The largest absolute Gasteiger partial charge is 0.466 e. The number of aliphatic hydroxyl groups is 1. The lowest BCUT2D eigenvalue weighted by Crippen LogP contribution is -2.50. The van der Waals surface area contributed by atoms with Gasteiger partial charge in [-0.15, -0.1) is 0 Å². The Labute approximate surface area is 141 Å². The molecule has 24 heavy (non-hydrogen) atoms. The molecule has 0 aromatic heterocycles. The van der Waals surface area contributed by atoms with E-state index in [-0.39, 0.29) is 18.8 Å². The second-order valence-corrected chi connectivity index (χ2v) is 5.91. The van der Waals surface area contributed by atoms with E-state index in [2.05, 4.69) is 10.1 Å². The minimum atomic E-state index is -1.48. The molecule has 0 radical (unpaired) electrons. The summed E-state index contributed by atoms with van der Waals surface area (Å²) in [7, 11) is 1.17. The number of ether oxygens (including phenoxy) is 2. The molecule has 0 heterocycles. The van der Waals surface area contributed by atoms with E-state index in [0.717, 1.165) is 12.2 Å². The molecule has 1 amide bonds. The molecule has 0 aromatic carbocycles. The van der Waals surface area contributed by atoms with Crippen LogP contribution in [0.3, 0.4) is 0 Å². The van der Waals surface area contributed by atoms with Gasteiger partial charge in [0, 0.05) is 24.0 Å². The van der Waals surface area contributed by atoms with Crippen molar-refractivity contribution < 1.29 is 33.8 Å². The van der Waals surface area contributed by atoms with E-state index in [4.69, 9.17) is 4.74 Å². The number of carbonyl (C=O) groups is 4. The Morgan fingerprint density at radius 3 is 2.21 bits per heavy atom. The SMILES string of the molecule is CCC(=O)[C@H](C)NC(=O)[C@H](O)C(C)(C)COC(=O)/C=C/C(=O)OC. The maximum atomic E-state index is 12.0. The predicted molar refractivity (Wildman–Crippen MR) is 84.8 cm³/mol. The van der Waals surface area contributed by atoms with Crippen molar-refractivity contribution >= 4 is 23.6 Å². The topological polar surface area (TPSA) is 119 Å². The van der Waals surface area contributed by atoms with Crippen molar-refractivity contribution in [1.29, 1.82) is 0 Å². The van der Waals surface area contributed by atoms with Crippen molar-refractivity contribution in [2.45, 2.75) is 46.3 Å². The summed E-state index contributed by atoms with van der Waals surface area (Å²) >= 11 is 0. The van der Waals surface area contributed by atoms with Crippen molar-refractivity contribution in [3.05, 3.63) is 12.2 Å². The highest BCUT2D eigenvalue weighted by atomic mass is 16.5. The number of aliphatic hydroxyl groups excluding tert-OH is 1. The van der Waals surface area contributed by atoms with Gasteiger partial charge in [-0.25, -0.2) is 9.59 Å². The van der Waals surface area contributed by atoms with Crippen LogP contribution in [0.5, 0.6) is 0 Å². The number of amides is 1. The number of nitrogens with one attached hydrogen (secondary N) is 1. The average Bonchev–Trinajstić information content (AvgIpc) is 2.55. The first-order valence-corrected chi connectivity index (χ1v) is 7.49. The predicted octanol–water partition coefficient (Wildman–Crippen LogP) is 0.130. The summed E-state index contributed by atoms with van der Waals surface area (Å²) in [6.45, 7) is 6.00. The molecule has 8 nitrogen and oxygen atoms in total. The summed E-state index contributed by atoms with van der Waals surface area (Å²) in [6, 6.07) is -0.710. The zero-order chi connectivity index (χ0) is 18.9. The van der Waals surface area contributed by atoms with Crippen molar-refractivity contribution in [3.63, 3.8) is 0 Å². The van der Waals surface area contributed by atoms with Gasteiger partial charge in [-0.05, 0) is 6.92 Å². The van der Waals surface area contributed by atoms with Crippen LogP contribution in [0.25, 0.3) is 0 Å². The molecule has 0 unspecified atom stereocenters. The molecular formula is C16H25NO7. The van der Waals surface area contributed by atoms with E-state index >= 15 is 0 Å². The Bertz CT molecular complexity index is 511. The Hall–Kier alpha value is -2.22. The number of hydrogen-bond acceptors (Lipinski definition) is 7. The zero-order valence-corrected chi connectivity index (χ0v) is 14.6. The highest BCUT2D eigenvalue weighted by molar-refractivity contribution is 5.92. The molecule has 0 saturated carbocycles. The number of hydrogen-bond donors (Lipinski definition) is 2. The number of Topliss-reactive ketones (excluding diaryl/α,β-unsaturated/α-hetero) is 1. The second kappa shape index (κ2) is 9.82. The lowest BCUT2D eigenvalue weighted by atomic mass is 9.86. The summed E-state index contributed by atoms with van der Waals surface area (Å²) in [5.41, 5.74) is -1.09. The maximum absolute atomic E-state index is 12.0. The smallest absolute Gasteiger partial charge is 0.331 e. The van der Waals surface area contributed by atoms with Crippen LogP contribution in [0.2, 0.25) is 0 Å². The molecule has 0 saturated heterocycles. The van der Waals surface area contributed by atoms with Crippen molar-refractivity contribution in [1.82, 2.24) is 5.32 Å². The van der Waals surface area contributed by atoms with Crippen LogP contribution in [0.4, 0.5) is 0 Å². The number of methoxy groups -OCH3 is 1. The highest BCUT2D eigenvalue weighted by Gasteiger charge is 2.35. The highest BCUT2D eigenvalue weighted by Crippen LogP contribution is 2.21. The number of ketones is 1. The summed E-state index contributed by atoms with van der Waals surface area (Å²) in [5, 5.41) is 12.5. The fraction of sp³-hybridized carbons (Fsp3) is 0.625. The Kier molecular flexibility index (Phi) is 8.91. The monoisotopic (exact) mass is 343 g/mol. The average molecular weight is 343 g/mol. The van der Waals surface area contributed by atoms with Crippen LogP contribution in [0.1, 0.15) is 34.1 Å². The zero-order valence-electron chi connectivity index (χ0n) is 14.6. The summed E-state index contributed by atoms with van der Waals surface area (Å²) in [6.07, 6.45) is 0.569. The van der Waals surface area contributed by atoms with Gasteiger partial charge in [-0.3, -0.25) is 9.59 Å². The fourth-order valence-electron chi connectivity index (χ4n) is 1.62. The third kappa shape index (κ3) is 7.36. The van der Waals surface area contributed by atoms with Crippen molar-refractivity contribution in [3.8, 4) is 0 Å². The van der Waals surface area contributed by atoms with Crippen molar-refractivity contribution in [2.75, 3.05) is 13.7 Å². The normalized spacial score (nSPS) is 13.9. The van der Waals surface area contributed by atoms with Gasteiger partial charge in [0.15, 0.2) is 5.78 Å². The molecule has 0 aliphatic heterocycles. The number of rotatable bonds is 9. The third-order valence-electron chi connectivity index (χ3n) is 3.32. The van der Waals surface area contributed by atoms with E-state index in [0.29, 0.717) is 0 Å². The molecule has 0 aliphatic carbocycles. The molecule has 0 aromatic rings. The van der Waals surface area contributed by atoms with Gasteiger partial charge in [-0.1, -0.05) is 20.8 Å². The van der Waals surface area contributed by atoms with Crippen LogP contribution >= 0.6 is 0 Å². The minimum Gasteiger partial charge on any atom is -0.466 e. The molecular weight excluding hydrogens is 318 g/mol. The molecule has 0 aliphatic rings. The Morgan fingerprint density at radius 2 is 1.71 bits per heavy atom. The maximum Gasteiger partial charge on any atom is 0.331 e. The van der Waals surface area contributed by atoms with E-state index in [1.807, 2.05) is 0 Å². The summed E-state index contributed by atoms with van der Waals surface area (Å²) < 4.78 is 9.23. The molecule has 0 rings (SSSR count). The summed E-state index contributed by atoms with van der Waals surface area (Å²) in [4.78, 5) is 45.8. The fourth-order valence-corrected chi connectivity index (χ4v) is 1.62. The van der Waals surface area contributed by atoms with E-state index < -0.39 is 35.4 Å². The minimum absolute atomic E-state index is 0.160. The quantitative estimate of drug-likeness (QED) is 0.451. The molecule has 8 heteroatoms. The van der Waals surface area contributed by atoms with Crippen LogP contribution < -0.4 is 5.32 Å². The summed E-state index contributed by atoms with van der Waals surface area (Å²) in [5.74, 6) is -2.40. The molecule has 0 fully saturated rings. The first-order valence-electron chi connectivity index (χ1n) is 7.49. The van der Waals surface area contributed by atoms with Gasteiger partial charge < -0.3 is 19.9 Å².